The van der Waals surface area contributed by atoms with Crippen LogP contribution >= 0.6 is 0 Å². The summed E-state index contributed by atoms with van der Waals surface area (Å²) in [6.45, 7) is 6.75. The Morgan fingerprint density at radius 2 is 2.00 bits per heavy atom. The summed E-state index contributed by atoms with van der Waals surface area (Å²) < 4.78 is 0. The van der Waals surface area contributed by atoms with Crippen molar-refractivity contribution in [2.45, 2.75) is 39.7 Å². The Hall–Kier alpha value is -1.26. The average molecular weight is 216 g/mol. The number of carbonyl (C=O) groups excluding carboxylic acids is 1. The Labute approximate surface area is 90.5 Å². The monoisotopic (exact) mass is 216 g/mol. The molecule has 0 unspecified atom stereocenters. The predicted octanol–water partition coefficient (Wildman–Crippen LogP) is 1.29. The van der Waals surface area contributed by atoms with Gasteiger partial charge in [-0.1, -0.05) is 6.92 Å². The van der Waals surface area contributed by atoms with Gasteiger partial charge in [-0.05, 0) is 20.3 Å². The number of carboxylic acids is 1. The standard InChI is InChI=1S/C10H20N2O3/c1-4-7-12(8(2)3)10(15)11-6-5-9(13)14/h8H,4-7H2,1-3H3,(H,11,15)(H,13,14). The summed E-state index contributed by atoms with van der Waals surface area (Å²) in [7, 11) is 0. The van der Waals surface area contributed by atoms with Gasteiger partial charge in [0.05, 0.1) is 6.42 Å². The van der Waals surface area contributed by atoms with Crippen molar-refractivity contribution >= 4 is 12.0 Å². The molecule has 0 spiro atoms. The molecule has 5 heteroatoms. The van der Waals surface area contributed by atoms with E-state index in [-0.39, 0.29) is 25.0 Å². The van der Waals surface area contributed by atoms with E-state index in [4.69, 9.17) is 5.11 Å². The minimum absolute atomic E-state index is 0.0379. The van der Waals surface area contributed by atoms with E-state index < -0.39 is 5.97 Å². The van der Waals surface area contributed by atoms with Crippen LogP contribution < -0.4 is 5.32 Å². The quantitative estimate of drug-likeness (QED) is 0.703. The van der Waals surface area contributed by atoms with Crippen LogP contribution in [0.15, 0.2) is 0 Å². The maximum absolute atomic E-state index is 11.6. The smallest absolute Gasteiger partial charge is 0.317 e. The van der Waals surface area contributed by atoms with Gasteiger partial charge < -0.3 is 15.3 Å². The molecule has 0 aliphatic heterocycles. The van der Waals surface area contributed by atoms with Gasteiger partial charge in [-0.3, -0.25) is 4.79 Å². The molecule has 0 bridgehead atoms. The number of aliphatic carboxylic acids is 1. The zero-order valence-corrected chi connectivity index (χ0v) is 9.62. The summed E-state index contributed by atoms with van der Waals surface area (Å²) in [4.78, 5) is 23.5. The van der Waals surface area contributed by atoms with Gasteiger partial charge in [0.15, 0.2) is 0 Å². The van der Waals surface area contributed by atoms with Crippen LogP contribution in [0.4, 0.5) is 4.79 Å². The van der Waals surface area contributed by atoms with E-state index in [1.165, 1.54) is 0 Å². The first-order valence-corrected chi connectivity index (χ1v) is 5.25. The van der Waals surface area contributed by atoms with Crippen molar-refractivity contribution in [1.29, 1.82) is 0 Å². The SMILES string of the molecule is CCCN(C(=O)NCCC(=O)O)C(C)C. The molecule has 88 valence electrons. The molecule has 0 aliphatic carbocycles. The van der Waals surface area contributed by atoms with E-state index >= 15 is 0 Å². The van der Waals surface area contributed by atoms with E-state index in [1.54, 1.807) is 4.90 Å². The first-order chi connectivity index (χ1) is 6.99. The van der Waals surface area contributed by atoms with Crippen LogP contribution in [-0.2, 0) is 4.79 Å². The lowest BCUT2D eigenvalue weighted by Crippen LogP contribution is -2.44. The first-order valence-electron chi connectivity index (χ1n) is 5.25. The van der Waals surface area contributed by atoms with E-state index in [9.17, 15) is 9.59 Å². The van der Waals surface area contributed by atoms with Crippen molar-refractivity contribution in [2.75, 3.05) is 13.1 Å². The highest BCUT2D eigenvalue weighted by Crippen LogP contribution is 2.00. The molecule has 0 radical (unpaired) electrons. The average Bonchev–Trinajstić information content (AvgIpc) is 2.12. The molecule has 2 amide bonds. The van der Waals surface area contributed by atoms with Crippen molar-refractivity contribution in [3.63, 3.8) is 0 Å². The van der Waals surface area contributed by atoms with E-state index in [0.29, 0.717) is 6.54 Å². The summed E-state index contributed by atoms with van der Waals surface area (Å²) in [6, 6.07) is -0.0529. The van der Waals surface area contributed by atoms with Crippen molar-refractivity contribution in [1.82, 2.24) is 10.2 Å². The number of urea groups is 1. The van der Waals surface area contributed by atoms with Crippen LogP contribution in [0.1, 0.15) is 33.6 Å². The molecule has 0 heterocycles. The second-order valence-corrected chi connectivity index (χ2v) is 3.66. The normalized spacial score (nSPS) is 10.1. The molecule has 0 rings (SSSR count). The lowest BCUT2D eigenvalue weighted by Gasteiger charge is -2.26. The molecule has 5 nitrogen and oxygen atoms in total. The van der Waals surface area contributed by atoms with E-state index in [0.717, 1.165) is 6.42 Å². The maximum atomic E-state index is 11.6. The molecule has 0 aromatic heterocycles. The van der Waals surface area contributed by atoms with Crippen LogP contribution in [-0.4, -0.2) is 41.1 Å². The number of carbonyl (C=O) groups is 2. The summed E-state index contributed by atoms with van der Waals surface area (Å²) in [5, 5.41) is 11.0. The number of nitrogens with one attached hydrogen (secondary N) is 1. The van der Waals surface area contributed by atoms with Gasteiger partial charge in [0.25, 0.3) is 0 Å². The third-order valence-electron chi connectivity index (χ3n) is 1.96. The fourth-order valence-electron chi connectivity index (χ4n) is 1.21. The number of hydrogen-bond acceptors (Lipinski definition) is 2. The molecule has 15 heavy (non-hydrogen) atoms. The van der Waals surface area contributed by atoms with Crippen LogP contribution in [0.2, 0.25) is 0 Å². The summed E-state index contributed by atoms with van der Waals surface area (Å²) >= 11 is 0. The van der Waals surface area contributed by atoms with Crippen molar-refractivity contribution in [2.24, 2.45) is 0 Å². The summed E-state index contributed by atoms with van der Waals surface area (Å²) in [6.07, 6.45) is 0.855. The molecule has 0 saturated heterocycles. The van der Waals surface area contributed by atoms with Gasteiger partial charge in [-0.2, -0.15) is 0 Å². The number of nitrogens with zero attached hydrogens (tertiary/aromatic N) is 1. The fourth-order valence-corrected chi connectivity index (χ4v) is 1.21. The summed E-state index contributed by atoms with van der Waals surface area (Å²) in [5.74, 6) is -0.901. The molecular formula is C10H20N2O3. The Kier molecular flexibility index (Phi) is 6.49. The lowest BCUT2D eigenvalue weighted by molar-refractivity contribution is -0.136. The van der Waals surface area contributed by atoms with Crippen molar-refractivity contribution in [3.05, 3.63) is 0 Å². The highest BCUT2D eigenvalue weighted by atomic mass is 16.4. The van der Waals surface area contributed by atoms with E-state index in [1.807, 2.05) is 20.8 Å². The second kappa shape index (κ2) is 7.09. The second-order valence-electron chi connectivity index (χ2n) is 3.66. The molecule has 0 aliphatic rings. The highest BCUT2D eigenvalue weighted by Gasteiger charge is 2.15. The molecule has 0 atom stereocenters. The van der Waals surface area contributed by atoms with Gasteiger partial charge in [0.1, 0.15) is 0 Å². The number of rotatable bonds is 6. The third kappa shape index (κ3) is 5.93. The first kappa shape index (κ1) is 13.7. The van der Waals surface area contributed by atoms with Crippen LogP contribution in [0.5, 0.6) is 0 Å². The zero-order chi connectivity index (χ0) is 11.8. The Balaban J connectivity index is 3.97. The van der Waals surface area contributed by atoms with Crippen LogP contribution in [0.3, 0.4) is 0 Å². The minimum atomic E-state index is -0.901. The van der Waals surface area contributed by atoms with Crippen molar-refractivity contribution < 1.29 is 14.7 Å². The number of carboxylic acid groups (broad SMARTS) is 1. The topological polar surface area (TPSA) is 69.6 Å². The Morgan fingerprint density at radius 3 is 2.40 bits per heavy atom. The zero-order valence-electron chi connectivity index (χ0n) is 9.62. The van der Waals surface area contributed by atoms with E-state index in [2.05, 4.69) is 5.32 Å². The van der Waals surface area contributed by atoms with Gasteiger partial charge in [0, 0.05) is 19.1 Å². The lowest BCUT2D eigenvalue weighted by atomic mass is 10.3. The van der Waals surface area contributed by atoms with Crippen LogP contribution in [0, 0.1) is 0 Å². The highest BCUT2D eigenvalue weighted by molar-refractivity contribution is 5.75. The molecule has 0 fully saturated rings. The molecule has 0 aromatic carbocycles. The Bertz CT molecular complexity index is 217. The maximum Gasteiger partial charge on any atom is 0.317 e. The molecule has 0 saturated carbocycles. The number of hydrogen-bond donors (Lipinski definition) is 2. The Morgan fingerprint density at radius 1 is 1.40 bits per heavy atom. The minimum Gasteiger partial charge on any atom is -0.481 e. The van der Waals surface area contributed by atoms with Gasteiger partial charge in [-0.15, -0.1) is 0 Å². The molecule has 2 N–H and O–H groups in total. The van der Waals surface area contributed by atoms with Gasteiger partial charge in [0.2, 0.25) is 0 Å². The largest absolute Gasteiger partial charge is 0.481 e. The third-order valence-corrected chi connectivity index (χ3v) is 1.96. The van der Waals surface area contributed by atoms with Gasteiger partial charge >= 0.3 is 12.0 Å². The van der Waals surface area contributed by atoms with Crippen molar-refractivity contribution in [3.8, 4) is 0 Å². The summed E-state index contributed by atoms with van der Waals surface area (Å²) in [5.41, 5.74) is 0. The fraction of sp³-hybridized carbons (Fsp3) is 0.800. The molecule has 0 aromatic rings. The predicted molar refractivity (Wildman–Crippen MR) is 57.8 cm³/mol. The van der Waals surface area contributed by atoms with Crippen LogP contribution in [0.25, 0.3) is 0 Å². The van der Waals surface area contributed by atoms with Gasteiger partial charge in [-0.25, -0.2) is 4.79 Å². The molecular weight excluding hydrogens is 196 g/mol. The number of amides is 2.